The summed E-state index contributed by atoms with van der Waals surface area (Å²) in [6, 6.07) is 11.3. The summed E-state index contributed by atoms with van der Waals surface area (Å²) in [7, 11) is 0. The molecule has 0 radical (unpaired) electrons. The van der Waals surface area contributed by atoms with Crippen LogP contribution < -0.4 is 27.6 Å². The number of aromatic amines is 1. The molecule has 0 fully saturated rings. The van der Waals surface area contributed by atoms with Gasteiger partial charge >= 0.3 is 11.7 Å². The van der Waals surface area contributed by atoms with Crippen LogP contribution >= 0.6 is 0 Å². The van der Waals surface area contributed by atoms with Gasteiger partial charge in [-0.25, -0.2) is 14.2 Å². The maximum absolute atomic E-state index is 13.8. The monoisotopic (exact) mass is 551 g/mol. The summed E-state index contributed by atoms with van der Waals surface area (Å²) in [5.41, 5.74) is 4.65. The average Bonchev–Trinajstić information content (AvgIpc) is 2.93. The molecular formula is C28H33N5O7. The van der Waals surface area contributed by atoms with Gasteiger partial charge in [0.05, 0.1) is 10.9 Å². The minimum Gasteiger partial charge on any atom is -0.480 e. The third-order valence-corrected chi connectivity index (χ3v) is 6.81. The molecule has 0 saturated heterocycles. The Morgan fingerprint density at radius 1 is 0.975 bits per heavy atom. The van der Waals surface area contributed by atoms with E-state index in [0.717, 1.165) is 4.57 Å². The topological polar surface area (TPSA) is 193 Å². The second kappa shape index (κ2) is 13.4. The van der Waals surface area contributed by atoms with Crippen molar-refractivity contribution in [1.82, 2.24) is 20.2 Å². The predicted octanol–water partition coefficient (Wildman–Crippen LogP) is 0.839. The van der Waals surface area contributed by atoms with Crippen molar-refractivity contribution >= 4 is 34.6 Å². The number of carboxylic acid groups (broad SMARTS) is 1. The number of carboxylic acids is 1. The molecule has 1 unspecified atom stereocenters. The Morgan fingerprint density at radius 2 is 1.62 bits per heavy atom. The van der Waals surface area contributed by atoms with Crippen LogP contribution in [0.5, 0.6) is 0 Å². The molecule has 2 aromatic carbocycles. The van der Waals surface area contributed by atoms with Gasteiger partial charge in [0.25, 0.3) is 5.56 Å². The van der Waals surface area contributed by atoms with Crippen molar-refractivity contribution in [2.75, 3.05) is 0 Å². The van der Waals surface area contributed by atoms with Crippen LogP contribution in [-0.4, -0.2) is 50.4 Å². The number of rotatable bonds is 13. The minimum absolute atomic E-state index is 0.0286. The largest absolute Gasteiger partial charge is 0.480 e. The number of nitrogens with two attached hydrogens (primary N) is 1. The van der Waals surface area contributed by atoms with E-state index in [1.807, 2.05) is 0 Å². The molecule has 3 rings (SSSR count). The fraction of sp³-hybridized carbons (Fsp3) is 0.357. The molecule has 212 valence electrons. The van der Waals surface area contributed by atoms with Gasteiger partial charge in [0.2, 0.25) is 17.7 Å². The van der Waals surface area contributed by atoms with E-state index in [1.54, 1.807) is 62.4 Å². The van der Waals surface area contributed by atoms with Crippen LogP contribution in [0.2, 0.25) is 0 Å². The second-order valence-electron chi connectivity index (χ2n) is 9.63. The molecule has 0 spiro atoms. The molecule has 12 nitrogen and oxygen atoms in total. The quantitative estimate of drug-likeness (QED) is 0.208. The third-order valence-electron chi connectivity index (χ3n) is 6.81. The summed E-state index contributed by atoms with van der Waals surface area (Å²) in [4.78, 5) is 79.0. The summed E-state index contributed by atoms with van der Waals surface area (Å²) >= 11 is 0. The molecule has 0 aliphatic carbocycles. The Bertz CT molecular complexity index is 1500. The number of nitrogens with zero attached hydrogens (tertiary/aromatic N) is 1. The zero-order valence-electron chi connectivity index (χ0n) is 22.3. The van der Waals surface area contributed by atoms with Crippen molar-refractivity contribution < 1.29 is 24.3 Å². The summed E-state index contributed by atoms with van der Waals surface area (Å²) < 4.78 is 0.836. The highest BCUT2D eigenvalue weighted by molar-refractivity contribution is 5.92. The molecule has 0 bridgehead atoms. The maximum atomic E-state index is 13.8. The highest BCUT2D eigenvalue weighted by atomic mass is 16.4. The van der Waals surface area contributed by atoms with Gasteiger partial charge in [0, 0.05) is 12.8 Å². The molecular weight excluding hydrogens is 518 g/mol. The first-order valence-electron chi connectivity index (χ1n) is 12.9. The van der Waals surface area contributed by atoms with E-state index < -0.39 is 59.0 Å². The zero-order valence-corrected chi connectivity index (χ0v) is 22.3. The van der Waals surface area contributed by atoms with Crippen molar-refractivity contribution in [2.45, 2.75) is 57.7 Å². The second-order valence-corrected chi connectivity index (χ2v) is 9.63. The first-order chi connectivity index (χ1) is 19.0. The smallest absolute Gasteiger partial charge is 0.329 e. The molecule has 6 N–H and O–H groups in total. The van der Waals surface area contributed by atoms with Gasteiger partial charge in [0.1, 0.15) is 18.1 Å². The Kier molecular flexibility index (Phi) is 9.96. The number of primary amides is 1. The first kappa shape index (κ1) is 29.8. The van der Waals surface area contributed by atoms with Crippen molar-refractivity contribution in [2.24, 2.45) is 11.7 Å². The number of carbonyl (C=O) groups excluding carboxylic acids is 3. The summed E-state index contributed by atoms with van der Waals surface area (Å²) in [6.45, 7) is 3.49. The van der Waals surface area contributed by atoms with Gasteiger partial charge in [-0.3, -0.25) is 19.2 Å². The minimum atomic E-state index is -1.41. The number of para-hydroxylation sites is 1. The van der Waals surface area contributed by atoms with Crippen LogP contribution in [0.4, 0.5) is 0 Å². The van der Waals surface area contributed by atoms with Crippen molar-refractivity contribution in [1.29, 1.82) is 0 Å². The third kappa shape index (κ3) is 7.22. The number of aliphatic carboxylic acids is 1. The van der Waals surface area contributed by atoms with E-state index in [1.165, 1.54) is 6.07 Å². The number of aromatic nitrogens is 2. The number of carbonyl (C=O) groups is 4. The van der Waals surface area contributed by atoms with E-state index >= 15 is 0 Å². The fourth-order valence-electron chi connectivity index (χ4n) is 4.35. The Balaban J connectivity index is 2.00. The Labute approximate surface area is 229 Å². The van der Waals surface area contributed by atoms with Gasteiger partial charge < -0.3 is 26.5 Å². The molecule has 1 aromatic heterocycles. The number of benzene rings is 2. The highest BCUT2D eigenvalue weighted by Gasteiger charge is 2.33. The molecule has 0 aliphatic heterocycles. The fourth-order valence-corrected chi connectivity index (χ4v) is 4.35. The van der Waals surface area contributed by atoms with Crippen LogP contribution in [0, 0.1) is 5.92 Å². The van der Waals surface area contributed by atoms with Crippen molar-refractivity contribution in [3.05, 3.63) is 81.0 Å². The summed E-state index contributed by atoms with van der Waals surface area (Å²) in [5.74, 6) is -4.07. The predicted molar refractivity (Wildman–Crippen MR) is 147 cm³/mol. The molecule has 40 heavy (non-hydrogen) atoms. The SMILES string of the molecule is CCC(C)[C@H](NC(=O)[C@H](Cc1ccccc1)n1c(=O)[nH]c2ccccc2c1=O)C(=O)N[C@H](CCC(N)=O)C(=O)O. The molecule has 0 aliphatic rings. The summed E-state index contributed by atoms with van der Waals surface area (Å²) in [5, 5.41) is 14.7. The van der Waals surface area contributed by atoms with Crippen LogP contribution in [-0.2, 0) is 25.6 Å². The lowest BCUT2D eigenvalue weighted by Gasteiger charge is -2.28. The average molecular weight is 552 g/mol. The number of amides is 3. The number of nitrogens with one attached hydrogen (secondary N) is 3. The Morgan fingerprint density at radius 3 is 2.25 bits per heavy atom. The van der Waals surface area contributed by atoms with Gasteiger partial charge in [-0.15, -0.1) is 0 Å². The van der Waals surface area contributed by atoms with E-state index in [0.29, 0.717) is 17.5 Å². The highest BCUT2D eigenvalue weighted by Crippen LogP contribution is 2.16. The standard InChI is InChI=1S/C28H33N5O7/c1-3-16(2)23(25(36)30-20(27(38)39)13-14-22(29)34)32-24(35)21(15-17-9-5-4-6-10-17)33-26(37)18-11-7-8-12-19(18)31-28(33)40/h4-12,16,20-21,23H,3,13-15H2,1-2H3,(H2,29,34)(H,30,36)(H,31,40)(H,32,35)(H,38,39)/t16?,20-,21+,23+/m1/s1. The lowest BCUT2D eigenvalue weighted by molar-refractivity contribution is -0.143. The lowest BCUT2D eigenvalue weighted by Crippen LogP contribution is -2.56. The van der Waals surface area contributed by atoms with Crippen LogP contribution in [0.25, 0.3) is 10.9 Å². The molecule has 12 heteroatoms. The van der Waals surface area contributed by atoms with E-state index in [-0.39, 0.29) is 24.6 Å². The zero-order chi connectivity index (χ0) is 29.4. The number of H-pyrrole nitrogens is 1. The molecule has 4 atom stereocenters. The van der Waals surface area contributed by atoms with Crippen LogP contribution in [0.15, 0.2) is 64.2 Å². The van der Waals surface area contributed by atoms with Gasteiger partial charge in [-0.1, -0.05) is 62.7 Å². The van der Waals surface area contributed by atoms with Gasteiger partial charge in [-0.05, 0) is 30.0 Å². The van der Waals surface area contributed by atoms with Crippen LogP contribution in [0.3, 0.4) is 0 Å². The van der Waals surface area contributed by atoms with Crippen molar-refractivity contribution in [3.8, 4) is 0 Å². The van der Waals surface area contributed by atoms with Gasteiger partial charge in [0.15, 0.2) is 0 Å². The Hall–Kier alpha value is -4.74. The number of hydrogen-bond acceptors (Lipinski definition) is 6. The maximum Gasteiger partial charge on any atom is 0.329 e. The molecule has 1 heterocycles. The normalized spacial score (nSPS) is 14.1. The number of fused-ring (bicyclic) bond motifs is 1. The first-order valence-corrected chi connectivity index (χ1v) is 12.9. The van der Waals surface area contributed by atoms with Crippen LogP contribution in [0.1, 0.15) is 44.7 Å². The van der Waals surface area contributed by atoms with E-state index in [2.05, 4.69) is 15.6 Å². The number of hydrogen-bond donors (Lipinski definition) is 5. The lowest BCUT2D eigenvalue weighted by atomic mass is 9.96. The summed E-state index contributed by atoms with van der Waals surface area (Å²) in [6.07, 6.45) is -0.0725. The molecule has 0 saturated carbocycles. The van der Waals surface area contributed by atoms with Gasteiger partial charge in [-0.2, -0.15) is 0 Å². The molecule has 3 aromatic rings. The van der Waals surface area contributed by atoms with E-state index in [9.17, 15) is 33.9 Å². The van der Waals surface area contributed by atoms with E-state index in [4.69, 9.17) is 5.73 Å². The van der Waals surface area contributed by atoms with Crippen molar-refractivity contribution in [3.63, 3.8) is 0 Å². The molecule has 3 amide bonds.